The minimum absolute atomic E-state index is 0.0236. The number of fused-ring (bicyclic) bond motifs is 2. The van der Waals surface area contributed by atoms with Crippen molar-refractivity contribution < 1.29 is 10.2 Å². The molecule has 0 aliphatic heterocycles. The molecule has 170 valence electrons. The topological polar surface area (TPSA) is 64.5 Å². The molecule has 9 rings (SSSR count). The molecule has 0 unspecified atom stereocenters. The van der Waals surface area contributed by atoms with Crippen LogP contribution < -0.4 is 10.6 Å². The van der Waals surface area contributed by atoms with Crippen molar-refractivity contribution in [2.75, 3.05) is 20.1 Å². The lowest BCUT2D eigenvalue weighted by Gasteiger charge is -2.76. The van der Waals surface area contributed by atoms with Crippen molar-refractivity contribution in [1.29, 1.82) is 0 Å². The predicted octanol–water partition coefficient (Wildman–Crippen LogP) is 3.01. The maximum Gasteiger partial charge on any atom is 0.0724 e. The van der Waals surface area contributed by atoms with Crippen LogP contribution in [0.4, 0.5) is 0 Å². The van der Waals surface area contributed by atoms with E-state index >= 15 is 0 Å². The largest absolute Gasteiger partial charge is 0.392 e. The zero-order chi connectivity index (χ0) is 21.3. The normalized spacial score (nSPS) is 62.1. The molecule has 6 fully saturated rings. The van der Waals surface area contributed by atoms with Crippen LogP contribution in [-0.2, 0) is 0 Å². The average molecular weight is 425 g/mol. The van der Waals surface area contributed by atoms with E-state index in [1.165, 1.54) is 19.3 Å². The maximum absolute atomic E-state index is 12.6. The number of likely N-dealkylation sites (N-methyl/N-ethyl adjacent to an activating group) is 1. The summed E-state index contributed by atoms with van der Waals surface area (Å²) in [7, 11) is 2.03. The van der Waals surface area contributed by atoms with E-state index < -0.39 is 5.60 Å². The van der Waals surface area contributed by atoms with Crippen LogP contribution in [0.5, 0.6) is 0 Å². The zero-order valence-electron chi connectivity index (χ0n) is 19.2. The number of allylic oxidation sites excluding steroid dienone is 1. The Morgan fingerprint density at radius 3 is 2.77 bits per heavy atom. The molecule has 4 N–H and O–H groups in total. The van der Waals surface area contributed by atoms with Gasteiger partial charge in [0.2, 0.25) is 0 Å². The lowest BCUT2D eigenvalue weighted by atomic mass is 9.28. The molecule has 6 saturated carbocycles. The van der Waals surface area contributed by atoms with Crippen LogP contribution in [0.3, 0.4) is 0 Å². The third kappa shape index (κ3) is 1.94. The number of hydrogen-bond acceptors (Lipinski definition) is 4. The van der Waals surface area contributed by atoms with Gasteiger partial charge in [-0.3, -0.25) is 0 Å². The summed E-state index contributed by atoms with van der Waals surface area (Å²) in [6, 6.07) is 0.483. The van der Waals surface area contributed by atoms with Gasteiger partial charge in [-0.25, -0.2) is 0 Å². The number of aliphatic hydroxyl groups is 2. The molecule has 0 aromatic heterocycles. The first-order chi connectivity index (χ1) is 14.8. The van der Waals surface area contributed by atoms with Gasteiger partial charge < -0.3 is 20.8 Å². The van der Waals surface area contributed by atoms with E-state index in [2.05, 4.69) is 41.9 Å². The molecule has 0 amide bonds. The molecule has 0 saturated heterocycles. The molecule has 0 radical (unpaired) electrons. The van der Waals surface area contributed by atoms with Crippen molar-refractivity contribution in [1.82, 2.24) is 10.6 Å². The van der Waals surface area contributed by atoms with Crippen LogP contribution >= 0.6 is 0 Å². The molecular formula is C27H40N2O2. The smallest absolute Gasteiger partial charge is 0.0724 e. The van der Waals surface area contributed by atoms with Gasteiger partial charge in [0, 0.05) is 35.9 Å². The maximum atomic E-state index is 12.6. The van der Waals surface area contributed by atoms with Crippen LogP contribution in [0, 0.1) is 45.3 Å². The summed E-state index contributed by atoms with van der Waals surface area (Å²) < 4.78 is 0. The van der Waals surface area contributed by atoms with E-state index in [9.17, 15) is 10.2 Å². The molecule has 0 aromatic carbocycles. The average Bonchev–Trinajstić information content (AvgIpc) is 3.04. The van der Waals surface area contributed by atoms with E-state index in [1.807, 2.05) is 7.05 Å². The minimum Gasteiger partial charge on any atom is -0.392 e. The fourth-order valence-electron chi connectivity index (χ4n) is 11.4. The Labute approximate surface area is 186 Å². The second kappa shape index (κ2) is 5.87. The van der Waals surface area contributed by atoms with Gasteiger partial charge in [-0.2, -0.15) is 0 Å². The van der Waals surface area contributed by atoms with Crippen LogP contribution in [0.1, 0.15) is 58.3 Å². The van der Waals surface area contributed by atoms with Crippen molar-refractivity contribution in [3.63, 3.8) is 0 Å². The van der Waals surface area contributed by atoms with Gasteiger partial charge in [0.25, 0.3) is 0 Å². The quantitative estimate of drug-likeness (QED) is 0.414. The highest BCUT2D eigenvalue weighted by molar-refractivity contribution is 5.44. The molecule has 11 atom stereocenters. The van der Waals surface area contributed by atoms with Crippen molar-refractivity contribution in [3.05, 3.63) is 24.3 Å². The Morgan fingerprint density at radius 2 is 1.94 bits per heavy atom. The Balaban J connectivity index is 1.43. The summed E-state index contributed by atoms with van der Waals surface area (Å²) in [5, 5.41) is 32.3. The van der Waals surface area contributed by atoms with Crippen molar-refractivity contribution in [2.45, 2.75) is 76.0 Å². The first kappa shape index (κ1) is 19.8. The number of rotatable bonds is 4. The van der Waals surface area contributed by atoms with Crippen molar-refractivity contribution in [3.8, 4) is 0 Å². The van der Waals surface area contributed by atoms with Gasteiger partial charge in [0.1, 0.15) is 0 Å². The second-order valence-corrected chi connectivity index (χ2v) is 13.0. The number of nitrogens with one attached hydrogen (secondary N) is 2. The van der Waals surface area contributed by atoms with Crippen LogP contribution in [0.2, 0.25) is 0 Å². The summed E-state index contributed by atoms with van der Waals surface area (Å²) >= 11 is 0. The first-order valence-corrected chi connectivity index (χ1v) is 13.0. The zero-order valence-corrected chi connectivity index (χ0v) is 19.2. The minimum atomic E-state index is -0.646. The van der Waals surface area contributed by atoms with Gasteiger partial charge >= 0.3 is 0 Å². The third-order valence-corrected chi connectivity index (χ3v) is 12.0. The molecule has 9 aliphatic rings. The van der Waals surface area contributed by atoms with Crippen molar-refractivity contribution >= 4 is 0 Å². The molecular weight excluding hydrogens is 384 g/mol. The lowest BCUT2D eigenvalue weighted by Crippen LogP contribution is -2.77. The predicted molar refractivity (Wildman–Crippen MR) is 121 cm³/mol. The highest BCUT2D eigenvalue weighted by Crippen LogP contribution is 2.88. The second-order valence-electron chi connectivity index (χ2n) is 13.0. The summed E-state index contributed by atoms with van der Waals surface area (Å²) in [4.78, 5) is 0. The third-order valence-electron chi connectivity index (χ3n) is 12.0. The molecule has 4 heteroatoms. The number of hydrogen-bond donors (Lipinski definition) is 4. The van der Waals surface area contributed by atoms with E-state index in [4.69, 9.17) is 0 Å². The molecule has 7 bridgehead atoms. The first-order valence-electron chi connectivity index (χ1n) is 13.0. The van der Waals surface area contributed by atoms with Gasteiger partial charge in [0.05, 0.1) is 11.7 Å². The summed E-state index contributed by atoms with van der Waals surface area (Å²) in [5.41, 5.74) is -0.872. The Bertz CT molecular complexity index is 871. The standard InChI is InChI=1S/C27H40N2O2/c1-23-12-17-5-6-20(23)22(30)27-9-7-18-14-25(27,26(31,13-17)15-23)16-24(27)8-3-4-19(24)21(18)29-11-10-28-2/h5-7,9,17-22,28-31H,3-4,8,10-16H2,1-2H3/t17-,18+,19-,20-,21+,22-,23+,24-,25-,26+,27-/m0/s1. The molecule has 0 heterocycles. The Morgan fingerprint density at radius 1 is 1.06 bits per heavy atom. The van der Waals surface area contributed by atoms with E-state index in [-0.39, 0.29) is 33.7 Å². The highest BCUT2D eigenvalue weighted by Gasteiger charge is 2.87. The fourth-order valence-corrected chi connectivity index (χ4v) is 11.4. The Kier molecular flexibility index (Phi) is 3.74. The molecule has 31 heavy (non-hydrogen) atoms. The van der Waals surface area contributed by atoms with Crippen molar-refractivity contribution in [2.24, 2.45) is 45.3 Å². The fraction of sp³-hybridized carbons (Fsp3) is 0.852. The van der Waals surface area contributed by atoms with E-state index in [0.717, 1.165) is 45.2 Å². The monoisotopic (exact) mass is 424 g/mol. The highest BCUT2D eigenvalue weighted by atomic mass is 16.3. The summed E-state index contributed by atoms with van der Waals surface area (Å²) in [5.74, 6) is 1.74. The van der Waals surface area contributed by atoms with Gasteiger partial charge in [0.15, 0.2) is 0 Å². The van der Waals surface area contributed by atoms with E-state index in [1.54, 1.807) is 0 Å². The van der Waals surface area contributed by atoms with Crippen LogP contribution in [0.15, 0.2) is 24.3 Å². The SMILES string of the molecule is CNCCN[C@@H]1[C@@H]2C=C[C@@]34[C@@H](O)[C@@H]5C=C[C@H]6C[C@]5(C)C[C@](O)(C6)[C@]3(C2)C[C@]42CCC[C@@H]12. The Hall–Kier alpha value is -0.680. The van der Waals surface area contributed by atoms with Gasteiger partial charge in [-0.05, 0) is 80.6 Å². The molecule has 9 aliphatic carbocycles. The molecule has 3 spiro atoms. The van der Waals surface area contributed by atoms with Gasteiger partial charge in [-0.1, -0.05) is 37.6 Å². The number of aliphatic hydroxyl groups excluding tert-OH is 1. The van der Waals surface area contributed by atoms with Crippen LogP contribution in [0.25, 0.3) is 0 Å². The van der Waals surface area contributed by atoms with E-state index in [0.29, 0.717) is 23.8 Å². The lowest BCUT2D eigenvalue weighted by molar-refractivity contribution is -0.317. The molecule has 0 aromatic rings. The summed E-state index contributed by atoms with van der Waals surface area (Å²) in [6.45, 7) is 4.36. The van der Waals surface area contributed by atoms with Gasteiger partial charge in [-0.15, -0.1) is 0 Å². The van der Waals surface area contributed by atoms with Crippen LogP contribution in [-0.4, -0.2) is 48.1 Å². The summed E-state index contributed by atoms with van der Waals surface area (Å²) in [6.07, 6.45) is 18.2. The molecule has 4 nitrogen and oxygen atoms in total.